The number of halogens is 2. The van der Waals surface area contributed by atoms with Gasteiger partial charge in [0.25, 0.3) is 0 Å². The molecule has 5 rings (SSSR count). The fourth-order valence-electron chi connectivity index (χ4n) is 9.94. The van der Waals surface area contributed by atoms with Gasteiger partial charge in [-0.25, -0.2) is 0 Å². The van der Waals surface area contributed by atoms with E-state index in [2.05, 4.69) is 13.8 Å². The maximum Gasteiger partial charge on any atom is 0.151 e. The van der Waals surface area contributed by atoms with Crippen molar-refractivity contribution in [2.75, 3.05) is 0 Å². The van der Waals surface area contributed by atoms with Gasteiger partial charge in [0.15, 0.2) is 5.78 Å². The topological polar surface area (TPSA) is 17.1 Å². The predicted octanol–water partition coefficient (Wildman–Crippen LogP) is 10.3. The second kappa shape index (κ2) is 10.8. The summed E-state index contributed by atoms with van der Waals surface area (Å²) in [6, 6.07) is 0. The molecular weight excluding hydrogens is 471 g/mol. The molecule has 0 aromatic carbocycles. The molecule has 0 aromatic rings. The molecule has 3 heteroatoms. The average Bonchev–Trinajstić information content (AvgIpc) is 2.91. The second-order valence-corrected chi connectivity index (χ2v) is 15.2. The Bertz CT molecular complexity index is 712. The van der Waals surface area contributed by atoms with Crippen LogP contribution in [-0.4, -0.2) is 10.1 Å². The van der Waals surface area contributed by atoms with Crippen LogP contribution in [0.15, 0.2) is 0 Å². The van der Waals surface area contributed by atoms with Crippen LogP contribution in [0.4, 0.5) is 0 Å². The van der Waals surface area contributed by atoms with Crippen molar-refractivity contribution in [3.05, 3.63) is 0 Å². The monoisotopic (exact) mass is 522 g/mol. The van der Waals surface area contributed by atoms with Gasteiger partial charge in [0.05, 0.1) is 10.8 Å². The Labute approximate surface area is 226 Å². The molecule has 0 heterocycles. The molecule has 5 fully saturated rings. The van der Waals surface area contributed by atoms with Gasteiger partial charge in [0.1, 0.15) is 4.33 Å². The lowest BCUT2D eigenvalue weighted by Gasteiger charge is -2.67. The summed E-state index contributed by atoms with van der Waals surface area (Å²) in [5.41, 5.74) is -0.867. The molecule has 5 aliphatic rings. The van der Waals surface area contributed by atoms with Crippen molar-refractivity contribution in [2.45, 2.75) is 147 Å². The van der Waals surface area contributed by atoms with E-state index in [1.807, 2.05) is 0 Å². The van der Waals surface area contributed by atoms with Crippen molar-refractivity contribution >= 4 is 29.0 Å². The van der Waals surface area contributed by atoms with Crippen molar-refractivity contribution in [2.24, 2.45) is 46.3 Å². The Balaban J connectivity index is 1.13. The zero-order valence-electron chi connectivity index (χ0n) is 22.8. The first-order chi connectivity index (χ1) is 16.9. The van der Waals surface area contributed by atoms with Gasteiger partial charge in [-0.1, -0.05) is 88.4 Å². The number of rotatable bonds is 6. The van der Waals surface area contributed by atoms with Crippen LogP contribution in [0.3, 0.4) is 0 Å². The quantitative estimate of drug-likeness (QED) is 0.317. The molecule has 0 aliphatic heterocycles. The van der Waals surface area contributed by atoms with Crippen LogP contribution < -0.4 is 0 Å². The number of carbonyl (C=O) groups excluding carboxylic acids is 1. The minimum atomic E-state index is -0.829. The molecular formula is C32H52Cl2O. The van der Waals surface area contributed by atoms with Crippen LogP contribution >= 0.6 is 23.2 Å². The normalized spacial score (nSPS) is 46.0. The summed E-state index contributed by atoms with van der Waals surface area (Å²) < 4.78 is -0.829. The second-order valence-electron chi connectivity index (χ2n) is 13.9. The van der Waals surface area contributed by atoms with Crippen molar-refractivity contribution in [1.82, 2.24) is 0 Å². The predicted molar refractivity (Wildman–Crippen MR) is 149 cm³/mol. The van der Waals surface area contributed by atoms with Gasteiger partial charge in [0.2, 0.25) is 0 Å². The van der Waals surface area contributed by atoms with E-state index in [0.717, 1.165) is 61.2 Å². The summed E-state index contributed by atoms with van der Waals surface area (Å²) in [4.78, 5) is 14.0. The maximum absolute atomic E-state index is 14.0. The van der Waals surface area contributed by atoms with E-state index < -0.39 is 15.2 Å². The first kappa shape index (κ1) is 26.8. The summed E-state index contributed by atoms with van der Waals surface area (Å²) in [6.45, 7) is 4.66. The zero-order valence-corrected chi connectivity index (χ0v) is 24.3. The van der Waals surface area contributed by atoms with Crippen molar-refractivity contribution in [3.8, 4) is 0 Å². The van der Waals surface area contributed by atoms with Crippen molar-refractivity contribution in [3.63, 3.8) is 0 Å². The highest BCUT2D eigenvalue weighted by molar-refractivity contribution is 6.55. The van der Waals surface area contributed by atoms with Crippen molar-refractivity contribution < 1.29 is 4.79 Å². The Morgan fingerprint density at radius 2 is 1.03 bits per heavy atom. The van der Waals surface area contributed by atoms with Gasteiger partial charge in [-0.2, -0.15) is 0 Å². The molecule has 200 valence electrons. The Kier molecular flexibility index (Phi) is 8.27. The smallest absolute Gasteiger partial charge is 0.151 e. The van der Waals surface area contributed by atoms with Gasteiger partial charge < -0.3 is 0 Å². The Morgan fingerprint density at radius 3 is 1.40 bits per heavy atom. The minimum Gasteiger partial charge on any atom is -0.298 e. The van der Waals surface area contributed by atoms with Crippen LogP contribution in [0.5, 0.6) is 0 Å². The molecule has 0 atom stereocenters. The van der Waals surface area contributed by atoms with Gasteiger partial charge in [-0.15, -0.1) is 0 Å². The number of unbranched alkanes of at least 4 members (excludes halogenated alkanes) is 1. The van der Waals surface area contributed by atoms with Gasteiger partial charge in [0, 0.05) is 0 Å². The molecule has 0 amide bonds. The molecule has 0 aromatic heterocycles. The summed E-state index contributed by atoms with van der Waals surface area (Å²) in [5, 5.41) is 0. The van der Waals surface area contributed by atoms with Crippen LogP contribution in [-0.2, 0) is 4.79 Å². The first-order valence-electron chi connectivity index (χ1n) is 15.8. The molecule has 5 saturated carbocycles. The number of alkyl halides is 2. The highest BCUT2D eigenvalue weighted by Crippen LogP contribution is 2.75. The van der Waals surface area contributed by atoms with Crippen LogP contribution in [0, 0.1) is 46.3 Å². The molecule has 0 bridgehead atoms. The van der Waals surface area contributed by atoms with E-state index in [9.17, 15) is 4.79 Å². The number of Topliss-reactive ketones (excluding diaryl/α,β-unsaturated/α-hetero) is 1. The van der Waals surface area contributed by atoms with E-state index >= 15 is 0 Å². The molecule has 0 unspecified atom stereocenters. The van der Waals surface area contributed by atoms with Crippen molar-refractivity contribution in [1.29, 1.82) is 0 Å². The maximum atomic E-state index is 14.0. The number of ketones is 1. The van der Waals surface area contributed by atoms with Gasteiger partial charge in [-0.3, -0.25) is 4.79 Å². The van der Waals surface area contributed by atoms with E-state index in [0.29, 0.717) is 5.78 Å². The highest BCUT2D eigenvalue weighted by atomic mass is 35.5. The minimum absolute atomic E-state index is 0.433. The van der Waals surface area contributed by atoms with Gasteiger partial charge in [-0.05, 0) is 113 Å². The number of carbonyl (C=O) groups is 1. The lowest BCUT2D eigenvalue weighted by molar-refractivity contribution is -0.173. The molecule has 5 aliphatic carbocycles. The molecule has 1 nitrogen and oxygen atoms in total. The largest absolute Gasteiger partial charge is 0.298 e. The lowest BCUT2D eigenvalue weighted by Crippen LogP contribution is -2.74. The molecule has 35 heavy (non-hydrogen) atoms. The zero-order chi connectivity index (χ0) is 24.7. The van der Waals surface area contributed by atoms with E-state index in [-0.39, 0.29) is 0 Å². The average molecular weight is 524 g/mol. The summed E-state index contributed by atoms with van der Waals surface area (Å²) in [7, 11) is 0. The Hall–Kier alpha value is 0.250. The summed E-state index contributed by atoms with van der Waals surface area (Å²) in [6.07, 6.45) is 25.4. The standard InChI is InChI=1S/C32H52Cl2O/c1-3-5-6-24-9-13-26(14-10-24)28-17-21-31(22-18-28)29(35)30(32(31,33)34)19-15-27(16-20-30)25-11-7-23(4-2)8-12-25/h23-28H,3-22H2,1-2H3/t23?,24?,25?,26?,27?,28-,30-,31+. The number of hydrogen-bond acceptors (Lipinski definition) is 1. The van der Waals surface area contributed by atoms with Gasteiger partial charge >= 0.3 is 0 Å². The lowest BCUT2D eigenvalue weighted by atomic mass is 9.41. The molecule has 0 saturated heterocycles. The third-order valence-electron chi connectivity index (χ3n) is 12.5. The van der Waals surface area contributed by atoms with E-state index in [4.69, 9.17) is 23.2 Å². The van der Waals surface area contributed by atoms with Crippen LogP contribution in [0.25, 0.3) is 0 Å². The van der Waals surface area contributed by atoms with E-state index in [1.165, 1.54) is 103 Å². The van der Waals surface area contributed by atoms with Crippen LogP contribution in [0.1, 0.15) is 142 Å². The molecule has 0 radical (unpaired) electrons. The first-order valence-corrected chi connectivity index (χ1v) is 16.5. The van der Waals surface area contributed by atoms with Crippen LogP contribution in [0.2, 0.25) is 0 Å². The van der Waals surface area contributed by atoms with E-state index in [1.54, 1.807) is 0 Å². The fourth-order valence-corrected chi connectivity index (χ4v) is 11.0. The summed E-state index contributed by atoms with van der Waals surface area (Å²) >= 11 is 14.6. The molecule has 0 N–H and O–H groups in total. The Morgan fingerprint density at radius 1 is 0.629 bits per heavy atom. The number of hydrogen-bond donors (Lipinski definition) is 0. The third kappa shape index (κ3) is 4.57. The fraction of sp³-hybridized carbons (Fsp3) is 0.969. The third-order valence-corrected chi connectivity index (χ3v) is 13.9. The SMILES string of the molecule is CCCCC1CCC([C@H]2CC[C@@]3(CC2)C(=O)[C@]2(CCC(C4CCC(CC)CC4)CC2)C3(Cl)Cl)CC1. The summed E-state index contributed by atoms with van der Waals surface area (Å²) in [5.74, 6) is 5.78. The highest BCUT2D eigenvalue weighted by Gasteiger charge is 2.79. The molecule has 2 spiro atoms.